The second-order valence-corrected chi connectivity index (χ2v) is 16.5. The Bertz CT molecular complexity index is 1380. The molecule has 0 aromatic carbocycles. The highest BCUT2D eigenvalue weighted by Crippen LogP contribution is 2.40. The Morgan fingerprint density at radius 3 is 2.34 bits per heavy atom. The molecule has 3 aliphatic rings. The van der Waals surface area contributed by atoms with Crippen LogP contribution in [0.5, 0.6) is 0 Å². The first-order valence-corrected chi connectivity index (χ1v) is 19.3. The molecular weight excluding hydrogens is 684 g/mol. The molecule has 3 N–H and O–H groups in total. The van der Waals surface area contributed by atoms with Gasteiger partial charge in [0, 0.05) is 43.6 Å². The number of ketones is 1. The number of rotatable bonds is 10. The number of pyridine rings is 1. The molecule has 3 fully saturated rings. The number of aliphatic hydroxyl groups excluding tert-OH is 2. The zero-order valence-electron chi connectivity index (χ0n) is 33.3. The molecule has 1 aromatic heterocycles. The van der Waals surface area contributed by atoms with Gasteiger partial charge in [-0.15, -0.1) is 0 Å². The van der Waals surface area contributed by atoms with Crippen molar-refractivity contribution in [3.05, 3.63) is 30.1 Å². The van der Waals surface area contributed by atoms with Crippen LogP contribution in [0.25, 0.3) is 0 Å². The summed E-state index contributed by atoms with van der Waals surface area (Å²) in [5.74, 6) is -4.80. The summed E-state index contributed by atoms with van der Waals surface area (Å²) < 4.78 is 31.4. The number of cyclic esters (lactones) is 1. The van der Waals surface area contributed by atoms with Gasteiger partial charge in [0.05, 0.1) is 41.9 Å². The Balaban J connectivity index is 1.80. The predicted octanol–water partition coefficient (Wildman–Crippen LogP) is 3.48. The van der Waals surface area contributed by atoms with Gasteiger partial charge in [0.25, 0.3) is 0 Å². The van der Waals surface area contributed by atoms with Crippen LogP contribution in [0.15, 0.2) is 24.4 Å². The zero-order chi connectivity index (χ0) is 39.4. The third-order valence-corrected chi connectivity index (χ3v) is 12.0. The molecule has 1 aromatic rings. The van der Waals surface area contributed by atoms with Crippen molar-refractivity contribution in [3.63, 3.8) is 0 Å². The van der Waals surface area contributed by atoms with Crippen molar-refractivity contribution in [2.24, 2.45) is 29.6 Å². The van der Waals surface area contributed by atoms with Crippen LogP contribution in [0.1, 0.15) is 93.2 Å². The predicted molar refractivity (Wildman–Crippen MR) is 195 cm³/mol. The number of ether oxygens (including phenoxy) is 5. The van der Waals surface area contributed by atoms with Gasteiger partial charge < -0.3 is 43.9 Å². The van der Waals surface area contributed by atoms with Crippen LogP contribution in [-0.4, -0.2) is 124 Å². The Hall–Kier alpha value is -2.52. The van der Waals surface area contributed by atoms with Gasteiger partial charge in [-0.2, -0.15) is 0 Å². The lowest BCUT2D eigenvalue weighted by molar-refractivity contribution is -0.302. The van der Waals surface area contributed by atoms with Crippen molar-refractivity contribution in [1.29, 1.82) is 0 Å². The van der Waals surface area contributed by atoms with E-state index in [0.29, 0.717) is 18.0 Å². The minimum atomic E-state index is -1.98. The molecule has 0 spiro atoms. The van der Waals surface area contributed by atoms with E-state index in [1.165, 1.54) is 14.0 Å². The standard InChI is InChI=1S/C40H64N2O11/c1-11-30-40(8,48)35(46)24(4)32(44)22(2)20-39(7,49-10)36(53-38-33(45)29(18-23(3)50-38)42(9)21-27-15-16-27)25(5)34(26(6)37(47)51-30)52-31(43)19-28-14-12-13-17-41-28/h12-14,17,22-27,29-30,33-36,38,45-46,48H,11,15-16,18-21H2,1-10H3/t22-,23-,24+,25+,26-,29+,30-,33-,34+,35-,36-,38+,39-,40-/m1/s1. The number of hydrogen-bond donors (Lipinski definition) is 3. The average molecular weight is 749 g/mol. The number of nitrogens with zero attached hydrogens (tertiary/aromatic N) is 2. The topological polar surface area (TPSA) is 174 Å². The van der Waals surface area contributed by atoms with Crippen LogP contribution in [0, 0.1) is 29.6 Å². The molecule has 3 heterocycles. The summed E-state index contributed by atoms with van der Waals surface area (Å²) in [5, 5.41) is 34.8. The van der Waals surface area contributed by atoms with Crippen LogP contribution < -0.4 is 0 Å². The lowest BCUT2D eigenvalue weighted by Crippen LogP contribution is -2.61. The Labute approximate surface area is 315 Å². The number of likely N-dealkylation sites (N-methyl/N-ethyl adjacent to an activating group) is 1. The second kappa shape index (κ2) is 18.0. The summed E-state index contributed by atoms with van der Waals surface area (Å²) in [6.45, 7) is 14.2. The highest BCUT2D eigenvalue weighted by molar-refractivity contribution is 5.83. The quantitative estimate of drug-likeness (QED) is 0.297. The van der Waals surface area contributed by atoms with E-state index < -0.39 is 83.6 Å². The Kier molecular flexibility index (Phi) is 14.6. The SMILES string of the molecule is CC[C@H]1OC(=O)[C@H](C)[C@@H](OC(=O)Cc2ccccn2)[C@H](C)[C@@H](O[C@@H]2O[C@H](C)C[C@H](N(C)CC3CC3)[C@H]2O)[C@](C)(OC)C[C@@H](C)C(=O)[C@H](C)[C@@H](O)[C@]1(C)O. The van der Waals surface area contributed by atoms with Gasteiger partial charge in [0.2, 0.25) is 0 Å². The summed E-state index contributed by atoms with van der Waals surface area (Å²) >= 11 is 0. The van der Waals surface area contributed by atoms with E-state index in [1.807, 2.05) is 14.0 Å². The van der Waals surface area contributed by atoms with Crippen molar-refractivity contribution in [2.45, 2.75) is 154 Å². The lowest BCUT2D eigenvalue weighted by atomic mass is 9.74. The third-order valence-electron chi connectivity index (χ3n) is 12.0. The van der Waals surface area contributed by atoms with E-state index in [0.717, 1.165) is 19.4 Å². The van der Waals surface area contributed by atoms with E-state index in [4.69, 9.17) is 23.7 Å². The number of Topliss-reactive ketones (excluding diaryl/α,β-unsaturated/α-hetero) is 1. The van der Waals surface area contributed by atoms with E-state index in [2.05, 4.69) is 9.88 Å². The minimum absolute atomic E-state index is 0.0879. The maximum absolute atomic E-state index is 14.0. The number of aliphatic hydroxyl groups is 3. The van der Waals surface area contributed by atoms with Gasteiger partial charge in [-0.25, -0.2) is 0 Å². The molecule has 1 saturated carbocycles. The molecule has 0 bridgehead atoms. The summed E-state index contributed by atoms with van der Waals surface area (Å²) in [7, 11) is 3.49. The fourth-order valence-corrected chi connectivity index (χ4v) is 8.39. The van der Waals surface area contributed by atoms with Crippen molar-refractivity contribution < 1.29 is 53.4 Å². The molecule has 0 amide bonds. The molecule has 300 valence electrons. The van der Waals surface area contributed by atoms with Crippen molar-refractivity contribution in [3.8, 4) is 0 Å². The maximum atomic E-state index is 14.0. The Morgan fingerprint density at radius 2 is 1.75 bits per heavy atom. The van der Waals surface area contributed by atoms with Gasteiger partial charge in [0.1, 0.15) is 29.7 Å². The number of carbonyl (C=O) groups is 3. The van der Waals surface area contributed by atoms with Crippen LogP contribution in [0.2, 0.25) is 0 Å². The van der Waals surface area contributed by atoms with Crippen molar-refractivity contribution in [1.82, 2.24) is 9.88 Å². The van der Waals surface area contributed by atoms with Crippen molar-refractivity contribution in [2.75, 3.05) is 20.7 Å². The van der Waals surface area contributed by atoms with Gasteiger partial charge >= 0.3 is 11.9 Å². The maximum Gasteiger partial charge on any atom is 0.312 e. The summed E-state index contributed by atoms with van der Waals surface area (Å²) in [6, 6.07) is 4.93. The normalized spacial score (nSPS) is 40.7. The fraction of sp³-hybridized carbons (Fsp3) is 0.800. The molecule has 13 nitrogen and oxygen atoms in total. The molecule has 14 atom stereocenters. The van der Waals surface area contributed by atoms with Gasteiger partial charge in [-0.3, -0.25) is 19.4 Å². The Morgan fingerprint density at radius 1 is 1.08 bits per heavy atom. The fourth-order valence-electron chi connectivity index (χ4n) is 8.39. The summed E-state index contributed by atoms with van der Waals surface area (Å²) in [6.07, 6.45) is -2.84. The molecule has 0 radical (unpaired) electrons. The first-order chi connectivity index (χ1) is 24.8. The van der Waals surface area contributed by atoms with Crippen LogP contribution in [0.3, 0.4) is 0 Å². The molecule has 1 aliphatic carbocycles. The van der Waals surface area contributed by atoms with Crippen LogP contribution in [-0.2, 0) is 44.5 Å². The van der Waals surface area contributed by atoms with Gasteiger partial charge in [0.15, 0.2) is 6.29 Å². The average Bonchev–Trinajstić information content (AvgIpc) is 3.94. The largest absolute Gasteiger partial charge is 0.461 e. The van der Waals surface area contributed by atoms with Crippen LogP contribution in [0.4, 0.5) is 0 Å². The van der Waals surface area contributed by atoms with E-state index >= 15 is 0 Å². The minimum Gasteiger partial charge on any atom is -0.461 e. The smallest absolute Gasteiger partial charge is 0.312 e. The second-order valence-electron chi connectivity index (χ2n) is 16.5. The first kappa shape index (κ1) is 43.2. The summed E-state index contributed by atoms with van der Waals surface area (Å²) in [4.78, 5) is 48.0. The highest BCUT2D eigenvalue weighted by Gasteiger charge is 2.53. The zero-order valence-corrected chi connectivity index (χ0v) is 33.3. The van der Waals surface area contributed by atoms with E-state index in [9.17, 15) is 29.7 Å². The van der Waals surface area contributed by atoms with Gasteiger partial charge in [-0.05, 0) is 84.9 Å². The highest BCUT2D eigenvalue weighted by atomic mass is 16.7. The van der Waals surface area contributed by atoms with E-state index in [1.54, 1.807) is 65.9 Å². The number of esters is 2. The number of methoxy groups -OCH3 is 1. The molecule has 0 unspecified atom stereocenters. The number of hydrogen-bond acceptors (Lipinski definition) is 13. The molecule has 13 heteroatoms. The molecular formula is C40H64N2O11. The van der Waals surface area contributed by atoms with E-state index in [-0.39, 0.29) is 37.2 Å². The molecule has 2 saturated heterocycles. The molecule has 53 heavy (non-hydrogen) atoms. The van der Waals surface area contributed by atoms with Gasteiger partial charge in [-0.1, -0.05) is 33.8 Å². The first-order valence-electron chi connectivity index (χ1n) is 19.3. The lowest BCUT2D eigenvalue weighted by Gasteiger charge is -2.48. The monoisotopic (exact) mass is 748 g/mol. The number of aromatic nitrogens is 1. The third kappa shape index (κ3) is 10.2. The van der Waals surface area contributed by atoms with Crippen molar-refractivity contribution >= 4 is 17.7 Å². The summed E-state index contributed by atoms with van der Waals surface area (Å²) in [5.41, 5.74) is -2.79. The molecule has 2 aliphatic heterocycles. The number of carbonyl (C=O) groups excluding carboxylic acids is 3. The van der Waals surface area contributed by atoms with Crippen LogP contribution >= 0.6 is 0 Å². The molecule has 4 rings (SSSR count).